The maximum Gasteiger partial charge on any atom is 0.134 e. The largest absolute Gasteiger partial charge is 0.457 e. The Labute approximate surface area is 128 Å². The number of rotatable bonds is 4. The average molecular weight is 294 g/mol. The van der Waals surface area contributed by atoms with Crippen molar-refractivity contribution in [2.24, 2.45) is 0 Å². The maximum absolute atomic E-state index is 13.5. The molecule has 1 aromatic heterocycles. The zero-order chi connectivity index (χ0) is 15.4. The number of halogens is 1. The number of para-hydroxylation sites is 1. The molecule has 2 aromatic carbocycles. The first kappa shape index (κ1) is 14.1. The SMILES string of the molecule is Cc1ccc(Oc2ccnc(Nc3ccccc3)c2)cc1F. The van der Waals surface area contributed by atoms with Crippen LogP contribution in [0.1, 0.15) is 5.56 Å². The highest BCUT2D eigenvalue weighted by Gasteiger charge is 2.03. The molecule has 0 atom stereocenters. The van der Waals surface area contributed by atoms with Crippen molar-refractivity contribution in [3.63, 3.8) is 0 Å². The van der Waals surface area contributed by atoms with Crippen LogP contribution in [-0.2, 0) is 0 Å². The normalized spacial score (nSPS) is 10.3. The minimum Gasteiger partial charge on any atom is -0.457 e. The van der Waals surface area contributed by atoms with Gasteiger partial charge in [0.05, 0.1) is 0 Å². The van der Waals surface area contributed by atoms with Gasteiger partial charge < -0.3 is 10.1 Å². The topological polar surface area (TPSA) is 34.1 Å². The Morgan fingerprint density at radius 2 is 1.73 bits per heavy atom. The summed E-state index contributed by atoms with van der Waals surface area (Å²) in [7, 11) is 0. The van der Waals surface area contributed by atoms with Crippen LogP contribution in [0, 0.1) is 12.7 Å². The lowest BCUT2D eigenvalue weighted by Crippen LogP contribution is -1.94. The van der Waals surface area contributed by atoms with Gasteiger partial charge in [0.15, 0.2) is 0 Å². The first-order chi connectivity index (χ1) is 10.7. The van der Waals surface area contributed by atoms with Crippen molar-refractivity contribution in [2.75, 3.05) is 5.32 Å². The van der Waals surface area contributed by atoms with E-state index in [-0.39, 0.29) is 5.82 Å². The van der Waals surface area contributed by atoms with E-state index in [0.29, 0.717) is 22.9 Å². The smallest absolute Gasteiger partial charge is 0.134 e. The van der Waals surface area contributed by atoms with Gasteiger partial charge in [-0.05, 0) is 36.8 Å². The van der Waals surface area contributed by atoms with Crippen LogP contribution in [0.5, 0.6) is 11.5 Å². The van der Waals surface area contributed by atoms with Crippen LogP contribution in [-0.4, -0.2) is 4.98 Å². The van der Waals surface area contributed by atoms with E-state index in [9.17, 15) is 4.39 Å². The van der Waals surface area contributed by atoms with Crippen LogP contribution in [0.3, 0.4) is 0 Å². The zero-order valence-corrected chi connectivity index (χ0v) is 12.1. The molecule has 22 heavy (non-hydrogen) atoms. The van der Waals surface area contributed by atoms with Gasteiger partial charge in [-0.1, -0.05) is 24.3 Å². The molecule has 0 aliphatic heterocycles. The molecule has 4 heteroatoms. The molecule has 1 N–H and O–H groups in total. The summed E-state index contributed by atoms with van der Waals surface area (Å²) in [6, 6.07) is 18.0. The number of aromatic nitrogens is 1. The number of hydrogen-bond donors (Lipinski definition) is 1. The minimum absolute atomic E-state index is 0.283. The zero-order valence-electron chi connectivity index (χ0n) is 12.1. The molecule has 0 aliphatic rings. The van der Waals surface area contributed by atoms with E-state index in [1.165, 1.54) is 6.07 Å². The van der Waals surface area contributed by atoms with Crippen molar-refractivity contribution >= 4 is 11.5 Å². The summed E-state index contributed by atoms with van der Waals surface area (Å²) < 4.78 is 19.2. The number of pyridine rings is 1. The van der Waals surface area contributed by atoms with E-state index in [1.807, 2.05) is 30.3 Å². The van der Waals surface area contributed by atoms with Crippen LogP contribution >= 0.6 is 0 Å². The molecule has 110 valence electrons. The van der Waals surface area contributed by atoms with Gasteiger partial charge in [0.2, 0.25) is 0 Å². The van der Waals surface area contributed by atoms with E-state index >= 15 is 0 Å². The number of hydrogen-bond acceptors (Lipinski definition) is 3. The molecule has 3 aromatic rings. The fraction of sp³-hybridized carbons (Fsp3) is 0.0556. The van der Waals surface area contributed by atoms with Crippen LogP contribution in [0.15, 0.2) is 66.9 Å². The van der Waals surface area contributed by atoms with Crippen molar-refractivity contribution in [3.05, 3.63) is 78.2 Å². The van der Waals surface area contributed by atoms with Crippen LogP contribution in [0.2, 0.25) is 0 Å². The molecule has 3 nitrogen and oxygen atoms in total. The molecule has 0 spiro atoms. The monoisotopic (exact) mass is 294 g/mol. The number of benzene rings is 2. The second-order valence-corrected chi connectivity index (χ2v) is 4.88. The summed E-state index contributed by atoms with van der Waals surface area (Å²) in [5.41, 5.74) is 1.53. The van der Waals surface area contributed by atoms with Gasteiger partial charge in [0.25, 0.3) is 0 Å². The Morgan fingerprint density at radius 3 is 2.50 bits per heavy atom. The number of nitrogens with zero attached hydrogens (tertiary/aromatic N) is 1. The lowest BCUT2D eigenvalue weighted by atomic mass is 10.2. The van der Waals surface area contributed by atoms with Gasteiger partial charge in [0, 0.05) is 24.0 Å². The first-order valence-electron chi connectivity index (χ1n) is 6.93. The Hall–Kier alpha value is -2.88. The summed E-state index contributed by atoms with van der Waals surface area (Å²) in [6.07, 6.45) is 1.64. The standard InChI is InChI=1S/C18H15FN2O/c1-13-7-8-15(11-17(13)19)22-16-9-10-20-18(12-16)21-14-5-3-2-4-6-14/h2-12H,1H3,(H,20,21). The van der Waals surface area contributed by atoms with Gasteiger partial charge in [0.1, 0.15) is 23.1 Å². The molecule has 0 bridgehead atoms. The third-order valence-electron chi connectivity index (χ3n) is 3.16. The highest BCUT2D eigenvalue weighted by Crippen LogP contribution is 2.25. The summed E-state index contributed by atoms with van der Waals surface area (Å²) >= 11 is 0. The summed E-state index contributed by atoms with van der Waals surface area (Å²) in [5.74, 6) is 1.43. The lowest BCUT2D eigenvalue weighted by Gasteiger charge is -2.09. The van der Waals surface area contributed by atoms with Gasteiger partial charge in [-0.3, -0.25) is 0 Å². The van der Waals surface area contributed by atoms with E-state index < -0.39 is 0 Å². The Kier molecular flexibility index (Phi) is 4.01. The molecule has 0 saturated carbocycles. The molecular formula is C18H15FN2O. The van der Waals surface area contributed by atoms with Crippen molar-refractivity contribution in [1.29, 1.82) is 0 Å². The molecular weight excluding hydrogens is 279 g/mol. The number of anilines is 2. The fourth-order valence-corrected chi connectivity index (χ4v) is 1.99. The quantitative estimate of drug-likeness (QED) is 0.730. The molecule has 0 fully saturated rings. The lowest BCUT2D eigenvalue weighted by molar-refractivity contribution is 0.475. The third-order valence-corrected chi connectivity index (χ3v) is 3.16. The molecule has 0 radical (unpaired) electrons. The second kappa shape index (κ2) is 6.26. The van der Waals surface area contributed by atoms with E-state index in [0.717, 1.165) is 5.69 Å². The third kappa shape index (κ3) is 3.41. The van der Waals surface area contributed by atoms with Gasteiger partial charge >= 0.3 is 0 Å². The molecule has 0 amide bonds. The summed E-state index contributed by atoms with van der Waals surface area (Å²) in [4.78, 5) is 4.24. The van der Waals surface area contributed by atoms with Crippen LogP contribution in [0.25, 0.3) is 0 Å². The Bertz CT molecular complexity index is 775. The molecule has 0 aliphatic carbocycles. The number of aryl methyl sites for hydroxylation is 1. The van der Waals surface area contributed by atoms with Crippen molar-refractivity contribution in [3.8, 4) is 11.5 Å². The predicted molar refractivity (Wildman–Crippen MR) is 85.2 cm³/mol. The van der Waals surface area contributed by atoms with E-state index in [1.54, 1.807) is 37.4 Å². The molecule has 0 unspecified atom stereocenters. The molecule has 3 rings (SSSR count). The highest BCUT2D eigenvalue weighted by molar-refractivity contribution is 5.57. The fourth-order valence-electron chi connectivity index (χ4n) is 1.99. The van der Waals surface area contributed by atoms with Gasteiger partial charge in [-0.25, -0.2) is 9.37 Å². The number of ether oxygens (including phenoxy) is 1. The minimum atomic E-state index is -0.283. The summed E-state index contributed by atoms with van der Waals surface area (Å²) in [6.45, 7) is 1.72. The van der Waals surface area contributed by atoms with Crippen LogP contribution in [0.4, 0.5) is 15.9 Å². The van der Waals surface area contributed by atoms with Gasteiger partial charge in [-0.15, -0.1) is 0 Å². The predicted octanol–water partition coefficient (Wildman–Crippen LogP) is 5.07. The molecule has 1 heterocycles. The van der Waals surface area contributed by atoms with Crippen molar-refractivity contribution in [2.45, 2.75) is 6.92 Å². The van der Waals surface area contributed by atoms with E-state index in [4.69, 9.17) is 4.74 Å². The van der Waals surface area contributed by atoms with Gasteiger partial charge in [-0.2, -0.15) is 0 Å². The highest BCUT2D eigenvalue weighted by atomic mass is 19.1. The van der Waals surface area contributed by atoms with E-state index in [2.05, 4.69) is 10.3 Å². The van der Waals surface area contributed by atoms with Crippen molar-refractivity contribution < 1.29 is 9.13 Å². The average Bonchev–Trinajstić information content (AvgIpc) is 2.52. The maximum atomic E-state index is 13.5. The second-order valence-electron chi connectivity index (χ2n) is 4.88. The Morgan fingerprint density at radius 1 is 0.955 bits per heavy atom. The van der Waals surface area contributed by atoms with Crippen LogP contribution < -0.4 is 10.1 Å². The molecule has 0 saturated heterocycles. The first-order valence-corrected chi connectivity index (χ1v) is 6.93. The summed E-state index contributed by atoms with van der Waals surface area (Å²) in [5, 5.41) is 3.19. The number of nitrogens with one attached hydrogen (secondary N) is 1. The Balaban J connectivity index is 1.77. The van der Waals surface area contributed by atoms with Crippen molar-refractivity contribution in [1.82, 2.24) is 4.98 Å².